The zero-order valence-corrected chi connectivity index (χ0v) is 13.4. The van der Waals surface area contributed by atoms with Gasteiger partial charge in [-0.05, 0) is 25.9 Å². The fourth-order valence-corrected chi connectivity index (χ4v) is 16.0. The fraction of sp³-hybridized carbons (Fsp3) is 1.00. The van der Waals surface area contributed by atoms with Crippen molar-refractivity contribution in [3.05, 3.63) is 0 Å². The monoisotopic (exact) mass is 309 g/mol. The lowest BCUT2D eigenvalue weighted by atomic mass is 10.3. The molecule has 0 aromatic rings. The lowest BCUT2D eigenvalue weighted by Gasteiger charge is -2.40. The zero-order chi connectivity index (χ0) is 11.0. The van der Waals surface area contributed by atoms with Crippen molar-refractivity contribution < 1.29 is 0 Å². The topological polar surface area (TPSA) is 3.24 Å². The Bertz CT molecular complexity index is 181. The molecule has 0 heterocycles. The largest absolute Gasteiger partial charge is 0.317 e. The van der Waals surface area contributed by atoms with Crippen LogP contribution in [-0.4, -0.2) is 24.0 Å². The Balaban J connectivity index is 2.82. The van der Waals surface area contributed by atoms with Gasteiger partial charge in [-0.25, -0.2) is 0 Å². The lowest BCUT2D eigenvalue weighted by molar-refractivity contribution is 0.471. The molecule has 0 unspecified atom stereocenters. The van der Waals surface area contributed by atoms with E-state index < -0.39 is 13.7 Å². The van der Waals surface area contributed by atoms with Crippen LogP contribution in [0.15, 0.2) is 0 Å². The van der Waals surface area contributed by atoms with Crippen molar-refractivity contribution in [2.24, 2.45) is 0 Å². The van der Waals surface area contributed by atoms with E-state index in [0.29, 0.717) is 6.04 Å². The molecule has 1 nitrogen and oxygen atoms in total. The van der Waals surface area contributed by atoms with E-state index in [1.54, 1.807) is 0 Å². The Kier molecular flexibility index (Phi) is 4.69. The van der Waals surface area contributed by atoms with Gasteiger partial charge in [-0.2, -0.15) is 0 Å². The summed E-state index contributed by atoms with van der Waals surface area (Å²) in [5.74, 6) is 0. The maximum absolute atomic E-state index is 6.26. The summed E-state index contributed by atoms with van der Waals surface area (Å²) in [4.78, 5) is 0. The molecule has 0 aliphatic heterocycles. The Morgan fingerprint density at radius 1 is 0.929 bits per heavy atom. The van der Waals surface area contributed by atoms with E-state index in [9.17, 15) is 0 Å². The molecule has 14 heavy (non-hydrogen) atoms. The van der Waals surface area contributed by atoms with Crippen molar-refractivity contribution in [1.29, 1.82) is 0 Å². The molecule has 1 aliphatic rings. The quantitative estimate of drug-likeness (QED) is 0.554. The molecule has 84 valence electrons. The molecule has 0 atom stereocenters. The van der Waals surface area contributed by atoms with Crippen LogP contribution in [0.2, 0.25) is 13.1 Å². The van der Waals surface area contributed by atoms with Crippen LogP contribution >= 0.6 is 44.3 Å². The molecular formula is C7H15Cl4NSi2. The second kappa shape index (κ2) is 4.82. The van der Waals surface area contributed by atoms with Gasteiger partial charge >= 0.3 is 13.7 Å². The van der Waals surface area contributed by atoms with Crippen molar-refractivity contribution in [2.45, 2.75) is 44.8 Å². The van der Waals surface area contributed by atoms with Gasteiger partial charge in [-0.1, -0.05) is 12.8 Å². The van der Waals surface area contributed by atoms with Crippen LogP contribution < -0.4 is 0 Å². The van der Waals surface area contributed by atoms with Crippen molar-refractivity contribution in [1.82, 2.24) is 4.23 Å². The molecule has 0 amide bonds. The average Bonchev–Trinajstić information content (AvgIpc) is 2.31. The van der Waals surface area contributed by atoms with E-state index in [-0.39, 0.29) is 0 Å². The molecule has 0 radical (unpaired) electrons. The van der Waals surface area contributed by atoms with Crippen LogP contribution in [0.25, 0.3) is 0 Å². The van der Waals surface area contributed by atoms with Gasteiger partial charge < -0.3 is 0 Å². The normalized spacial score (nSPS) is 20.8. The highest BCUT2D eigenvalue weighted by atomic mass is 35.7. The summed E-state index contributed by atoms with van der Waals surface area (Å²) in [6.07, 6.45) is 4.73. The summed E-state index contributed by atoms with van der Waals surface area (Å²) in [6, 6.07) is 0.410. The van der Waals surface area contributed by atoms with Crippen LogP contribution in [0, 0.1) is 0 Å². The van der Waals surface area contributed by atoms with E-state index >= 15 is 0 Å². The minimum Gasteiger partial charge on any atom is -0.295 e. The molecule has 0 saturated heterocycles. The number of hydrogen-bond acceptors (Lipinski definition) is 1. The second-order valence-electron chi connectivity index (χ2n) is 3.99. The molecule has 0 aromatic heterocycles. The Labute approximate surface area is 107 Å². The molecule has 1 aliphatic carbocycles. The van der Waals surface area contributed by atoms with Gasteiger partial charge in [0, 0.05) is 6.04 Å². The minimum absolute atomic E-state index is 0.410. The summed E-state index contributed by atoms with van der Waals surface area (Å²) in [7, 11) is 0. The molecule has 0 bridgehead atoms. The summed E-state index contributed by atoms with van der Waals surface area (Å²) < 4.78 is 2.05. The number of halogens is 4. The van der Waals surface area contributed by atoms with E-state index in [2.05, 4.69) is 4.23 Å². The zero-order valence-electron chi connectivity index (χ0n) is 8.36. The third-order valence-corrected chi connectivity index (χ3v) is 11.5. The van der Waals surface area contributed by atoms with Gasteiger partial charge in [0.15, 0.2) is 0 Å². The molecule has 0 N–H and O–H groups in total. The third kappa shape index (κ3) is 3.54. The van der Waals surface area contributed by atoms with Crippen molar-refractivity contribution >= 4 is 58.0 Å². The molecular weight excluding hydrogens is 296 g/mol. The van der Waals surface area contributed by atoms with Gasteiger partial charge in [0.1, 0.15) is 0 Å². The van der Waals surface area contributed by atoms with Gasteiger partial charge in [-0.3, -0.25) is 4.23 Å². The first kappa shape index (κ1) is 13.6. The van der Waals surface area contributed by atoms with Crippen molar-refractivity contribution in [3.8, 4) is 0 Å². The molecule has 0 spiro atoms. The van der Waals surface area contributed by atoms with Crippen LogP contribution in [0.3, 0.4) is 0 Å². The third-order valence-electron chi connectivity index (χ3n) is 2.54. The first-order valence-corrected chi connectivity index (χ1v) is 13.7. The number of rotatable bonds is 3. The van der Waals surface area contributed by atoms with Crippen LogP contribution in [0.5, 0.6) is 0 Å². The van der Waals surface area contributed by atoms with Crippen LogP contribution in [0.4, 0.5) is 0 Å². The predicted octanol–water partition coefficient (Wildman–Crippen LogP) is 4.32. The smallest absolute Gasteiger partial charge is 0.295 e. The maximum Gasteiger partial charge on any atom is 0.317 e. The fourth-order valence-electron chi connectivity index (χ4n) is 2.15. The van der Waals surface area contributed by atoms with Crippen LogP contribution in [0.1, 0.15) is 25.7 Å². The number of nitrogens with zero attached hydrogens (tertiary/aromatic N) is 1. The maximum atomic E-state index is 6.26. The van der Waals surface area contributed by atoms with E-state index in [1.807, 2.05) is 13.1 Å². The van der Waals surface area contributed by atoms with E-state index in [0.717, 1.165) is 12.8 Å². The highest BCUT2D eigenvalue weighted by Gasteiger charge is 2.48. The minimum atomic E-state index is -2.41. The standard InChI is InChI=1S/C7H15Cl4NSi2/c1-13(8,9)12(14(2,10)11)7-5-3-4-6-7/h7H,3-6H2,1-2H3. The Morgan fingerprint density at radius 3 is 1.57 bits per heavy atom. The molecule has 7 heteroatoms. The van der Waals surface area contributed by atoms with Crippen molar-refractivity contribution in [3.63, 3.8) is 0 Å². The first-order valence-electron chi connectivity index (χ1n) is 4.78. The summed E-state index contributed by atoms with van der Waals surface area (Å²) >= 11 is 25.0. The number of hydrogen-bond donors (Lipinski definition) is 0. The van der Waals surface area contributed by atoms with E-state index in [4.69, 9.17) is 44.3 Å². The molecule has 1 rings (SSSR count). The highest BCUT2D eigenvalue weighted by Crippen LogP contribution is 2.38. The molecule has 1 fully saturated rings. The molecule has 0 aromatic carbocycles. The lowest BCUT2D eigenvalue weighted by Crippen LogP contribution is -2.58. The van der Waals surface area contributed by atoms with Gasteiger partial charge in [0.05, 0.1) is 0 Å². The Hall–Kier alpha value is 1.55. The summed E-state index contributed by atoms with van der Waals surface area (Å²) in [5.41, 5.74) is 0. The summed E-state index contributed by atoms with van der Waals surface area (Å²) in [5, 5.41) is 0. The van der Waals surface area contributed by atoms with Gasteiger partial charge in [0.25, 0.3) is 0 Å². The highest BCUT2D eigenvalue weighted by molar-refractivity contribution is 7.53. The van der Waals surface area contributed by atoms with Gasteiger partial charge in [0.2, 0.25) is 0 Å². The second-order valence-corrected chi connectivity index (χ2v) is 18.8. The summed E-state index contributed by atoms with van der Waals surface area (Å²) in [6.45, 7) is -1.06. The Morgan fingerprint density at radius 2 is 1.29 bits per heavy atom. The van der Waals surface area contributed by atoms with E-state index in [1.165, 1.54) is 12.8 Å². The van der Waals surface area contributed by atoms with Crippen molar-refractivity contribution in [2.75, 3.05) is 0 Å². The van der Waals surface area contributed by atoms with Crippen LogP contribution in [-0.2, 0) is 0 Å². The first-order chi connectivity index (χ1) is 6.23. The average molecular weight is 311 g/mol. The molecule has 1 saturated carbocycles. The van der Waals surface area contributed by atoms with Gasteiger partial charge in [-0.15, -0.1) is 44.3 Å². The predicted molar refractivity (Wildman–Crippen MR) is 70.7 cm³/mol. The SMILES string of the molecule is C[Si](Cl)(Cl)N(C1CCCC1)[Si](C)(Cl)Cl.